The Morgan fingerprint density at radius 1 is 1.00 bits per heavy atom. The Hall–Kier alpha value is -2.11. The van der Waals surface area contributed by atoms with E-state index in [2.05, 4.69) is 4.98 Å². The van der Waals surface area contributed by atoms with E-state index in [1.807, 2.05) is 48.0 Å². The minimum absolute atomic E-state index is 0.459. The summed E-state index contributed by atoms with van der Waals surface area (Å²) in [5.41, 5.74) is 3.10. The van der Waals surface area contributed by atoms with Crippen molar-refractivity contribution >= 4 is 23.6 Å². The second kappa shape index (κ2) is 4.53. The maximum Gasteiger partial charge on any atom is 0.489 e. The van der Waals surface area contributed by atoms with E-state index in [-0.39, 0.29) is 0 Å². The van der Waals surface area contributed by atoms with Crippen LogP contribution in [0, 0.1) is 0 Å². The van der Waals surface area contributed by atoms with Crippen LogP contribution >= 0.6 is 0 Å². The van der Waals surface area contributed by atoms with Crippen LogP contribution in [0.25, 0.3) is 22.4 Å². The molecule has 0 saturated carbocycles. The number of fused-ring (bicyclic) bond motifs is 1. The van der Waals surface area contributed by atoms with Gasteiger partial charge >= 0.3 is 7.12 Å². The molecule has 0 aliphatic rings. The van der Waals surface area contributed by atoms with Gasteiger partial charge in [-0.15, -0.1) is 0 Å². The van der Waals surface area contributed by atoms with Crippen LogP contribution < -0.4 is 5.46 Å². The Bertz CT molecular complexity index is 737. The van der Waals surface area contributed by atoms with E-state index in [4.69, 9.17) is 0 Å². The summed E-state index contributed by atoms with van der Waals surface area (Å²) in [6.45, 7) is 0. The summed E-state index contributed by atoms with van der Waals surface area (Å²) in [7, 11) is 0.418. The molecule has 3 rings (SSSR count). The summed E-state index contributed by atoms with van der Waals surface area (Å²) in [5.74, 6) is 0.727. The Labute approximate surface area is 111 Å². The highest BCUT2D eigenvalue weighted by Gasteiger charge is 2.19. The molecule has 0 fully saturated rings. The van der Waals surface area contributed by atoms with Gasteiger partial charge in [0.15, 0.2) is 0 Å². The molecule has 0 unspecified atom stereocenters. The second-order valence-corrected chi connectivity index (χ2v) is 4.44. The van der Waals surface area contributed by atoms with Crippen molar-refractivity contribution < 1.29 is 10.0 Å². The lowest BCUT2D eigenvalue weighted by atomic mass is 9.77. The molecule has 1 heterocycles. The van der Waals surface area contributed by atoms with E-state index >= 15 is 0 Å². The van der Waals surface area contributed by atoms with E-state index in [0.717, 1.165) is 22.4 Å². The normalized spacial score (nSPS) is 10.9. The Morgan fingerprint density at radius 3 is 2.42 bits per heavy atom. The zero-order valence-electron chi connectivity index (χ0n) is 10.5. The molecule has 0 amide bonds. The number of nitrogens with zero attached hydrogens (tertiary/aromatic N) is 2. The van der Waals surface area contributed by atoms with E-state index in [1.165, 1.54) is 0 Å². The quantitative estimate of drug-likeness (QED) is 0.667. The molecule has 19 heavy (non-hydrogen) atoms. The summed E-state index contributed by atoms with van der Waals surface area (Å²) in [5, 5.41) is 18.9. The average molecular weight is 252 g/mol. The number of benzene rings is 2. The highest BCUT2D eigenvalue weighted by Crippen LogP contribution is 2.22. The molecule has 2 aromatic carbocycles. The monoisotopic (exact) mass is 252 g/mol. The minimum atomic E-state index is -1.50. The van der Waals surface area contributed by atoms with E-state index in [1.54, 1.807) is 12.1 Å². The highest BCUT2D eigenvalue weighted by atomic mass is 16.4. The van der Waals surface area contributed by atoms with Gasteiger partial charge in [0.1, 0.15) is 5.82 Å². The van der Waals surface area contributed by atoms with Crippen LogP contribution in [0.1, 0.15) is 0 Å². The molecule has 5 heteroatoms. The molecule has 0 spiro atoms. The lowest BCUT2D eigenvalue weighted by molar-refractivity contribution is 0.426. The fraction of sp³-hybridized carbons (Fsp3) is 0.0714. The Balaban J connectivity index is 2.28. The van der Waals surface area contributed by atoms with Crippen molar-refractivity contribution in [1.29, 1.82) is 0 Å². The van der Waals surface area contributed by atoms with Crippen LogP contribution in [0.2, 0.25) is 0 Å². The zero-order chi connectivity index (χ0) is 13.4. The maximum atomic E-state index is 9.45. The molecule has 0 aliphatic heterocycles. The summed E-state index contributed by atoms with van der Waals surface area (Å²) in [6.07, 6.45) is 0. The van der Waals surface area contributed by atoms with E-state index in [9.17, 15) is 10.0 Å². The number of imidazole rings is 1. The zero-order valence-corrected chi connectivity index (χ0v) is 10.5. The molecule has 0 radical (unpaired) electrons. The van der Waals surface area contributed by atoms with Crippen LogP contribution in [0.15, 0.2) is 48.5 Å². The van der Waals surface area contributed by atoms with Crippen molar-refractivity contribution in [3.8, 4) is 11.4 Å². The van der Waals surface area contributed by atoms with Crippen LogP contribution in [0.4, 0.5) is 0 Å². The highest BCUT2D eigenvalue weighted by molar-refractivity contribution is 6.60. The number of aryl methyl sites for hydroxylation is 1. The number of aromatic nitrogens is 2. The summed E-state index contributed by atoms with van der Waals surface area (Å²) >= 11 is 0. The first-order valence-electron chi connectivity index (χ1n) is 6.05. The lowest BCUT2D eigenvalue weighted by Gasteiger charge is -2.08. The third-order valence-corrected chi connectivity index (χ3v) is 3.27. The van der Waals surface area contributed by atoms with Crippen LogP contribution in [-0.2, 0) is 7.05 Å². The largest absolute Gasteiger partial charge is 0.489 e. The number of para-hydroxylation sites is 2. The second-order valence-electron chi connectivity index (χ2n) is 4.44. The summed E-state index contributed by atoms with van der Waals surface area (Å²) < 4.78 is 1.95. The van der Waals surface area contributed by atoms with Gasteiger partial charge in [-0.05, 0) is 17.6 Å². The van der Waals surface area contributed by atoms with E-state index < -0.39 is 7.12 Å². The maximum absolute atomic E-state index is 9.45. The molecule has 0 aliphatic carbocycles. The molecule has 0 atom stereocenters. The van der Waals surface area contributed by atoms with Crippen molar-refractivity contribution in [2.24, 2.45) is 7.05 Å². The minimum Gasteiger partial charge on any atom is -0.423 e. The molecule has 1 aromatic heterocycles. The van der Waals surface area contributed by atoms with Gasteiger partial charge in [-0.1, -0.05) is 36.4 Å². The average Bonchev–Trinajstić information content (AvgIpc) is 2.76. The van der Waals surface area contributed by atoms with Crippen molar-refractivity contribution in [3.63, 3.8) is 0 Å². The SMILES string of the molecule is Cn1c(-c2ccccc2B(O)O)nc2ccccc21. The summed E-state index contributed by atoms with van der Waals surface area (Å²) in [6, 6.07) is 15.0. The fourth-order valence-corrected chi connectivity index (χ4v) is 2.31. The predicted octanol–water partition coefficient (Wildman–Crippen LogP) is 0.920. The van der Waals surface area contributed by atoms with Crippen molar-refractivity contribution in [3.05, 3.63) is 48.5 Å². The summed E-state index contributed by atoms with van der Waals surface area (Å²) in [4.78, 5) is 4.57. The first-order valence-corrected chi connectivity index (χ1v) is 6.05. The molecule has 2 N–H and O–H groups in total. The fourth-order valence-electron chi connectivity index (χ4n) is 2.31. The van der Waals surface area contributed by atoms with Gasteiger partial charge < -0.3 is 14.6 Å². The van der Waals surface area contributed by atoms with Gasteiger partial charge in [-0.25, -0.2) is 4.98 Å². The molecular weight excluding hydrogens is 239 g/mol. The van der Waals surface area contributed by atoms with Crippen LogP contribution in [0.5, 0.6) is 0 Å². The predicted molar refractivity (Wildman–Crippen MR) is 76.0 cm³/mol. The molecular formula is C14H13BN2O2. The number of hydrogen-bond donors (Lipinski definition) is 2. The molecule has 3 aromatic rings. The van der Waals surface area contributed by atoms with Crippen molar-refractivity contribution in [1.82, 2.24) is 9.55 Å². The molecule has 94 valence electrons. The topological polar surface area (TPSA) is 58.3 Å². The standard InChI is InChI=1S/C14H13BN2O2/c1-17-13-9-5-4-8-12(13)16-14(17)10-6-2-3-7-11(10)15(18)19/h2-9,18-19H,1H3. The van der Waals surface area contributed by atoms with Gasteiger partial charge in [0.05, 0.1) is 11.0 Å². The smallest absolute Gasteiger partial charge is 0.423 e. The van der Waals surface area contributed by atoms with Gasteiger partial charge in [0, 0.05) is 12.6 Å². The van der Waals surface area contributed by atoms with Crippen molar-refractivity contribution in [2.45, 2.75) is 0 Å². The number of rotatable bonds is 2. The number of hydrogen-bond acceptors (Lipinski definition) is 3. The lowest BCUT2D eigenvalue weighted by Crippen LogP contribution is -2.31. The Kier molecular flexibility index (Phi) is 2.85. The van der Waals surface area contributed by atoms with Crippen LogP contribution in [0.3, 0.4) is 0 Å². The van der Waals surface area contributed by atoms with Crippen LogP contribution in [-0.4, -0.2) is 26.7 Å². The first kappa shape index (κ1) is 12.0. The third kappa shape index (κ3) is 1.93. The van der Waals surface area contributed by atoms with Gasteiger partial charge in [-0.3, -0.25) is 0 Å². The Morgan fingerprint density at radius 2 is 1.68 bits per heavy atom. The van der Waals surface area contributed by atoms with Gasteiger partial charge in [0.2, 0.25) is 0 Å². The third-order valence-electron chi connectivity index (χ3n) is 3.27. The van der Waals surface area contributed by atoms with Gasteiger partial charge in [-0.2, -0.15) is 0 Å². The molecule has 0 saturated heterocycles. The molecule has 0 bridgehead atoms. The van der Waals surface area contributed by atoms with Gasteiger partial charge in [0.25, 0.3) is 0 Å². The first-order chi connectivity index (χ1) is 9.18. The van der Waals surface area contributed by atoms with Crippen molar-refractivity contribution in [2.75, 3.05) is 0 Å². The molecule has 4 nitrogen and oxygen atoms in total. The van der Waals surface area contributed by atoms with E-state index in [0.29, 0.717) is 5.46 Å².